The van der Waals surface area contributed by atoms with Gasteiger partial charge < -0.3 is 14.4 Å². The highest BCUT2D eigenvalue weighted by molar-refractivity contribution is 7.98. The molecule has 2 aromatic rings. The van der Waals surface area contributed by atoms with Gasteiger partial charge in [-0.05, 0) is 24.0 Å². The van der Waals surface area contributed by atoms with E-state index in [0.717, 1.165) is 11.5 Å². The molecule has 0 fully saturated rings. The van der Waals surface area contributed by atoms with Crippen LogP contribution in [-0.2, 0) is 5.75 Å². The molecule has 0 saturated carbocycles. The lowest BCUT2D eigenvalue weighted by Gasteiger charge is -2.03. The van der Waals surface area contributed by atoms with Crippen molar-refractivity contribution in [1.29, 1.82) is 0 Å². The molecule has 1 N–H and O–H groups in total. The maximum atomic E-state index is 9.68. The van der Waals surface area contributed by atoms with Gasteiger partial charge >= 0.3 is 0 Å². The molecule has 0 aliphatic rings. The van der Waals surface area contributed by atoms with Crippen LogP contribution in [-0.4, -0.2) is 28.1 Å². The van der Waals surface area contributed by atoms with Gasteiger partial charge in [0.25, 0.3) is 5.89 Å². The third-order valence-electron chi connectivity index (χ3n) is 2.33. The summed E-state index contributed by atoms with van der Waals surface area (Å²) in [7, 11) is 1.50. The van der Waals surface area contributed by atoms with Crippen molar-refractivity contribution in [3.63, 3.8) is 0 Å². The van der Waals surface area contributed by atoms with Crippen LogP contribution in [0.2, 0.25) is 0 Å². The largest absolute Gasteiger partial charge is 0.504 e. The predicted molar refractivity (Wildman–Crippen MR) is 69.8 cm³/mol. The normalized spacial score (nSPS) is 10.6. The van der Waals surface area contributed by atoms with Crippen LogP contribution in [0.3, 0.4) is 0 Å². The summed E-state index contributed by atoms with van der Waals surface area (Å²) in [5.74, 6) is 3.26. The minimum absolute atomic E-state index is 0.0534. The van der Waals surface area contributed by atoms with E-state index in [1.165, 1.54) is 7.11 Å². The summed E-state index contributed by atoms with van der Waals surface area (Å²) in [5, 5.41) is 13.6. The first-order valence-corrected chi connectivity index (χ1v) is 6.67. The van der Waals surface area contributed by atoms with Crippen molar-refractivity contribution in [2.45, 2.75) is 12.7 Å². The first-order chi connectivity index (χ1) is 8.74. The molecule has 18 heavy (non-hydrogen) atoms. The fourth-order valence-corrected chi connectivity index (χ4v) is 1.95. The van der Waals surface area contributed by atoms with Gasteiger partial charge in [-0.25, -0.2) is 0 Å². The zero-order valence-corrected chi connectivity index (χ0v) is 11.0. The number of rotatable bonds is 5. The average Bonchev–Trinajstić information content (AvgIpc) is 2.85. The molecule has 0 saturated heterocycles. The lowest BCUT2D eigenvalue weighted by molar-refractivity contribution is 0.373. The third kappa shape index (κ3) is 2.76. The molecule has 0 radical (unpaired) electrons. The van der Waals surface area contributed by atoms with Crippen molar-refractivity contribution in [2.24, 2.45) is 0 Å². The summed E-state index contributed by atoms with van der Waals surface area (Å²) in [5.41, 5.74) is 0.675. The molecule has 96 valence electrons. The molecule has 0 bridgehead atoms. The van der Waals surface area contributed by atoms with E-state index in [2.05, 4.69) is 17.1 Å². The Morgan fingerprint density at radius 2 is 2.28 bits per heavy atom. The monoisotopic (exact) mass is 266 g/mol. The first kappa shape index (κ1) is 12.8. The number of aromatic hydroxyl groups is 1. The molecule has 1 aromatic heterocycles. The predicted octanol–water partition coefficient (Wildman–Crippen LogP) is 2.70. The first-order valence-electron chi connectivity index (χ1n) is 5.52. The van der Waals surface area contributed by atoms with Crippen molar-refractivity contribution in [3.05, 3.63) is 24.0 Å². The van der Waals surface area contributed by atoms with Crippen LogP contribution in [0.4, 0.5) is 0 Å². The lowest BCUT2D eigenvalue weighted by Crippen LogP contribution is -1.86. The molecule has 0 atom stereocenters. The number of hydrogen-bond donors (Lipinski definition) is 1. The summed E-state index contributed by atoms with van der Waals surface area (Å²) < 4.78 is 10.1. The molecular formula is C12H14N2O3S. The van der Waals surface area contributed by atoms with E-state index in [0.29, 0.717) is 23.0 Å². The Bertz CT molecular complexity index is 528. The number of phenolic OH excluding ortho intramolecular Hbond substituents is 1. The molecule has 0 aliphatic heterocycles. The summed E-state index contributed by atoms with van der Waals surface area (Å²) >= 11 is 1.72. The van der Waals surface area contributed by atoms with Crippen LogP contribution in [0.1, 0.15) is 12.7 Å². The fraction of sp³-hybridized carbons (Fsp3) is 0.333. The number of hydrogen-bond acceptors (Lipinski definition) is 6. The lowest BCUT2D eigenvalue weighted by atomic mass is 10.2. The highest BCUT2D eigenvalue weighted by Gasteiger charge is 2.11. The number of thioether (sulfide) groups is 1. The molecule has 1 heterocycles. The molecular weight excluding hydrogens is 252 g/mol. The van der Waals surface area contributed by atoms with E-state index in [-0.39, 0.29) is 5.75 Å². The van der Waals surface area contributed by atoms with Crippen molar-refractivity contribution >= 4 is 11.8 Å². The second-order valence-electron chi connectivity index (χ2n) is 3.54. The fourth-order valence-electron chi connectivity index (χ4n) is 1.45. The van der Waals surface area contributed by atoms with Gasteiger partial charge in [-0.15, -0.1) is 0 Å². The van der Waals surface area contributed by atoms with E-state index in [1.54, 1.807) is 30.0 Å². The molecule has 5 nitrogen and oxygen atoms in total. The number of ether oxygens (including phenoxy) is 1. The van der Waals surface area contributed by atoms with Crippen molar-refractivity contribution in [3.8, 4) is 23.0 Å². The Morgan fingerprint density at radius 1 is 1.44 bits per heavy atom. The van der Waals surface area contributed by atoms with Gasteiger partial charge in [0.15, 0.2) is 17.3 Å². The highest BCUT2D eigenvalue weighted by atomic mass is 32.2. The van der Waals surface area contributed by atoms with Gasteiger partial charge in [0.1, 0.15) is 0 Å². The molecule has 6 heteroatoms. The van der Waals surface area contributed by atoms with E-state index < -0.39 is 0 Å². The van der Waals surface area contributed by atoms with Crippen molar-refractivity contribution < 1.29 is 14.4 Å². The zero-order valence-electron chi connectivity index (χ0n) is 10.2. The van der Waals surface area contributed by atoms with Crippen LogP contribution < -0.4 is 4.74 Å². The quantitative estimate of drug-likeness (QED) is 0.897. The van der Waals surface area contributed by atoms with E-state index in [9.17, 15) is 5.11 Å². The number of methoxy groups -OCH3 is 1. The zero-order chi connectivity index (χ0) is 13.0. The Labute approximate surface area is 109 Å². The van der Waals surface area contributed by atoms with E-state index in [1.807, 2.05) is 0 Å². The Kier molecular flexibility index (Phi) is 4.09. The maximum Gasteiger partial charge on any atom is 0.258 e. The number of aromatic nitrogens is 2. The second kappa shape index (κ2) is 5.77. The van der Waals surface area contributed by atoms with Crippen LogP contribution in [0.25, 0.3) is 11.5 Å². The third-order valence-corrected chi connectivity index (χ3v) is 3.20. The molecule has 0 spiro atoms. The van der Waals surface area contributed by atoms with Gasteiger partial charge in [0.05, 0.1) is 12.9 Å². The number of benzene rings is 1. The molecule has 1 aromatic carbocycles. The Balaban J connectivity index is 2.20. The van der Waals surface area contributed by atoms with Crippen LogP contribution in [0.5, 0.6) is 11.5 Å². The topological polar surface area (TPSA) is 68.4 Å². The van der Waals surface area contributed by atoms with Gasteiger partial charge in [-0.1, -0.05) is 12.1 Å². The highest BCUT2D eigenvalue weighted by Crippen LogP contribution is 2.30. The summed E-state index contributed by atoms with van der Waals surface area (Å²) in [6.07, 6.45) is 0. The number of nitrogens with zero attached hydrogens (tertiary/aromatic N) is 2. The minimum atomic E-state index is 0.0534. The van der Waals surface area contributed by atoms with Gasteiger partial charge in [-0.3, -0.25) is 0 Å². The SMILES string of the molecule is CCSCc1noc(-c2ccc(OC)c(O)c2)n1. The Morgan fingerprint density at radius 3 is 2.94 bits per heavy atom. The maximum absolute atomic E-state index is 9.68. The van der Waals surface area contributed by atoms with Gasteiger partial charge in [-0.2, -0.15) is 16.7 Å². The van der Waals surface area contributed by atoms with Crippen LogP contribution in [0.15, 0.2) is 22.7 Å². The van der Waals surface area contributed by atoms with Gasteiger partial charge in [0, 0.05) is 5.56 Å². The summed E-state index contributed by atoms with van der Waals surface area (Å²) in [6.45, 7) is 2.08. The van der Waals surface area contributed by atoms with Gasteiger partial charge in [0.2, 0.25) is 0 Å². The summed E-state index contributed by atoms with van der Waals surface area (Å²) in [6, 6.07) is 4.97. The number of phenols is 1. The Hall–Kier alpha value is -1.69. The molecule has 0 unspecified atom stereocenters. The van der Waals surface area contributed by atoms with Crippen molar-refractivity contribution in [1.82, 2.24) is 10.1 Å². The molecule has 2 rings (SSSR count). The molecule has 0 aliphatic carbocycles. The smallest absolute Gasteiger partial charge is 0.258 e. The molecule has 0 amide bonds. The van der Waals surface area contributed by atoms with Crippen LogP contribution >= 0.6 is 11.8 Å². The summed E-state index contributed by atoms with van der Waals surface area (Å²) in [4.78, 5) is 4.26. The standard InChI is InChI=1S/C12H14N2O3S/c1-3-18-7-11-13-12(17-14-11)8-4-5-10(16-2)9(15)6-8/h4-6,15H,3,7H2,1-2H3. The van der Waals surface area contributed by atoms with Crippen molar-refractivity contribution in [2.75, 3.05) is 12.9 Å². The minimum Gasteiger partial charge on any atom is -0.504 e. The average molecular weight is 266 g/mol. The second-order valence-corrected chi connectivity index (χ2v) is 4.81. The van der Waals surface area contributed by atoms with Crippen LogP contribution in [0, 0.1) is 0 Å². The van der Waals surface area contributed by atoms with E-state index in [4.69, 9.17) is 9.26 Å². The van der Waals surface area contributed by atoms with E-state index >= 15 is 0 Å².